The van der Waals surface area contributed by atoms with Gasteiger partial charge in [0.2, 0.25) is 0 Å². The minimum atomic E-state index is -0.393. The fraction of sp³-hybridized carbons (Fsp3) is 0.160. The smallest absolute Gasteiger partial charge is 0.167 e. The summed E-state index contributed by atoms with van der Waals surface area (Å²) >= 11 is 1.20. The zero-order valence-corrected chi connectivity index (χ0v) is 18.7. The number of aromatic hydroxyl groups is 1. The second-order valence-electron chi connectivity index (χ2n) is 7.24. The number of thiophene rings is 1. The molecule has 1 N–H and O–H groups in total. The fourth-order valence-electron chi connectivity index (χ4n) is 3.60. The molecule has 0 fully saturated rings. The second kappa shape index (κ2) is 9.38. The van der Waals surface area contributed by atoms with E-state index in [4.69, 9.17) is 9.47 Å². The Morgan fingerprint density at radius 2 is 1.79 bits per heavy atom. The van der Waals surface area contributed by atoms with Gasteiger partial charge >= 0.3 is 0 Å². The lowest BCUT2D eigenvalue weighted by Crippen LogP contribution is -2.06. The molecule has 33 heavy (non-hydrogen) atoms. The number of rotatable bonds is 8. The Bertz CT molecular complexity index is 1360. The molecule has 0 spiro atoms. The molecule has 168 valence electrons. The van der Waals surface area contributed by atoms with Gasteiger partial charge in [-0.15, -0.1) is 11.3 Å². The predicted molar refractivity (Wildman–Crippen MR) is 124 cm³/mol. The lowest BCUT2D eigenvalue weighted by atomic mass is 9.99. The van der Waals surface area contributed by atoms with E-state index in [1.807, 2.05) is 0 Å². The Morgan fingerprint density at radius 1 is 1.03 bits per heavy atom. The van der Waals surface area contributed by atoms with E-state index >= 15 is 0 Å². The van der Waals surface area contributed by atoms with E-state index in [9.17, 15) is 19.1 Å². The first-order valence-electron chi connectivity index (χ1n) is 10.1. The van der Waals surface area contributed by atoms with Crippen LogP contribution in [-0.4, -0.2) is 35.9 Å². The zero-order chi connectivity index (χ0) is 23.5. The number of Topliss-reactive ketones (excluding diaryl/α,β-unsaturated/α-hetero) is 2. The maximum atomic E-state index is 14.1. The minimum absolute atomic E-state index is 0.0436. The first-order chi connectivity index (χ1) is 15.9. The van der Waals surface area contributed by atoms with Crippen LogP contribution in [0.5, 0.6) is 17.2 Å². The highest BCUT2D eigenvalue weighted by Gasteiger charge is 2.20. The van der Waals surface area contributed by atoms with Gasteiger partial charge < -0.3 is 14.6 Å². The molecular weight excluding hydrogens is 445 g/mol. The van der Waals surface area contributed by atoms with Crippen molar-refractivity contribution in [2.75, 3.05) is 14.2 Å². The molecule has 0 bridgehead atoms. The number of hydrogen-bond donors (Lipinski definition) is 1. The molecule has 4 aromatic rings. The van der Waals surface area contributed by atoms with E-state index in [-0.39, 0.29) is 41.4 Å². The molecule has 8 heteroatoms. The van der Waals surface area contributed by atoms with Crippen LogP contribution in [0.1, 0.15) is 33.6 Å². The van der Waals surface area contributed by atoms with Crippen LogP contribution >= 0.6 is 11.3 Å². The van der Waals surface area contributed by atoms with Crippen LogP contribution in [-0.2, 0) is 0 Å². The third-order valence-corrected chi connectivity index (χ3v) is 6.32. The van der Waals surface area contributed by atoms with E-state index < -0.39 is 5.78 Å². The number of methoxy groups -OCH3 is 2. The van der Waals surface area contributed by atoms with Crippen LogP contribution in [0.2, 0.25) is 0 Å². The first kappa shape index (κ1) is 22.4. The maximum Gasteiger partial charge on any atom is 0.167 e. The predicted octanol–water partition coefficient (Wildman–Crippen LogP) is 5.67. The second-order valence-corrected chi connectivity index (χ2v) is 8.12. The normalized spacial score (nSPS) is 10.9. The number of benzene rings is 2. The number of halogens is 1. The number of nitrogens with zero attached hydrogens (tertiary/aromatic N) is 1. The molecule has 0 atom stereocenters. The van der Waals surface area contributed by atoms with E-state index in [0.717, 1.165) is 0 Å². The molecule has 0 aliphatic rings. The van der Waals surface area contributed by atoms with E-state index in [1.165, 1.54) is 43.9 Å². The van der Waals surface area contributed by atoms with Gasteiger partial charge in [-0.1, -0.05) is 12.1 Å². The Morgan fingerprint density at radius 3 is 2.55 bits per heavy atom. The summed E-state index contributed by atoms with van der Waals surface area (Å²) in [6.07, 6.45) is 1.28. The molecule has 0 saturated heterocycles. The third kappa shape index (κ3) is 4.29. The monoisotopic (exact) mass is 465 g/mol. The number of pyridine rings is 1. The Balaban J connectivity index is 1.55. The van der Waals surface area contributed by atoms with Gasteiger partial charge in [0.05, 0.1) is 24.5 Å². The van der Waals surface area contributed by atoms with Crippen molar-refractivity contribution in [2.24, 2.45) is 0 Å². The van der Waals surface area contributed by atoms with Gasteiger partial charge in [-0.05, 0) is 30.3 Å². The Hall–Kier alpha value is -3.78. The summed E-state index contributed by atoms with van der Waals surface area (Å²) in [5.41, 5.74) is 1.20. The quantitative estimate of drug-likeness (QED) is 0.338. The summed E-state index contributed by atoms with van der Waals surface area (Å²) in [5.74, 6) is -0.354. The highest BCUT2D eigenvalue weighted by atomic mass is 32.1. The van der Waals surface area contributed by atoms with Gasteiger partial charge in [-0.25, -0.2) is 4.39 Å². The highest BCUT2D eigenvalue weighted by Crippen LogP contribution is 2.39. The lowest BCUT2D eigenvalue weighted by Gasteiger charge is -2.10. The van der Waals surface area contributed by atoms with E-state index in [0.29, 0.717) is 32.7 Å². The van der Waals surface area contributed by atoms with Crippen molar-refractivity contribution >= 4 is 33.0 Å². The summed E-state index contributed by atoms with van der Waals surface area (Å²) < 4.78 is 24.9. The number of ether oxygens (including phenoxy) is 2. The molecule has 6 nitrogen and oxygen atoms in total. The van der Waals surface area contributed by atoms with E-state index in [2.05, 4.69) is 4.98 Å². The molecule has 2 aromatic carbocycles. The number of carbonyl (C=O) groups is 2. The Kier molecular flexibility index (Phi) is 6.37. The van der Waals surface area contributed by atoms with Crippen LogP contribution in [0.3, 0.4) is 0 Å². The standard InChI is InChI=1S/C25H20FNO5S/c1-31-21-9-6-14(12-22(21)32-2)19(28)7-8-20(29)16-10-11-27-23(24(16)30)17-13-33-25-15(17)4-3-5-18(25)26/h3-6,9-13,30H,7-8H2,1-2H3. The average Bonchev–Trinajstić information content (AvgIpc) is 3.27. The molecule has 2 heterocycles. The van der Waals surface area contributed by atoms with Crippen LogP contribution in [0.4, 0.5) is 4.39 Å². The largest absolute Gasteiger partial charge is 0.505 e. The van der Waals surface area contributed by atoms with Crippen LogP contribution in [0.15, 0.2) is 54.0 Å². The maximum absolute atomic E-state index is 14.1. The van der Waals surface area contributed by atoms with Gasteiger partial charge in [-0.2, -0.15) is 0 Å². The van der Waals surface area contributed by atoms with Crippen molar-refractivity contribution < 1.29 is 28.6 Å². The van der Waals surface area contributed by atoms with Crippen molar-refractivity contribution in [3.63, 3.8) is 0 Å². The van der Waals surface area contributed by atoms with Crippen molar-refractivity contribution in [3.05, 3.63) is 71.0 Å². The summed E-state index contributed by atoms with van der Waals surface area (Å²) in [7, 11) is 2.98. The lowest BCUT2D eigenvalue weighted by molar-refractivity contribution is 0.0915. The van der Waals surface area contributed by atoms with Crippen molar-refractivity contribution in [1.82, 2.24) is 4.98 Å². The molecular formula is C25H20FNO5S. The fourth-order valence-corrected chi connectivity index (χ4v) is 4.56. The number of aromatic nitrogens is 1. The van der Waals surface area contributed by atoms with Crippen molar-refractivity contribution in [1.29, 1.82) is 0 Å². The molecule has 0 unspecified atom stereocenters. The van der Waals surface area contributed by atoms with E-state index in [1.54, 1.807) is 35.7 Å². The third-order valence-electron chi connectivity index (χ3n) is 5.32. The molecule has 2 aromatic heterocycles. The molecule has 0 aliphatic carbocycles. The van der Waals surface area contributed by atoms with Gasteiger partial charge in [0, 0.05) is 40.9 Å². The van der Waals surface area contributed by atoms with Crippen LogP contribution < -0.4 is 9.47 Å². The van der Waals surface area contributed by atoms with Gasteiger partial charge in [0.1, 0.15) is 11.5 Å². The zero-order valence-electron chi connectivity index (χ0n) is 17.9. The number of fused-ring (bicyclic) bond motifs is 1. The number of carbonyl (C=O) groups excluding carboxylic acids is 2. The van der Waals surface area contributed by atoms with Gasteiger partial charge in [0.15, 0.2) is 28.8 Å². The summed E-state index contributed by atoms with van der Waals surface area (Å²) in [6.45, 7) is 0. The molecule has 0 saturated carbocycles. The number of ketones is 2. The number of hydrogen-bond acceptors (Lipinski definition) is 7. The average molecular weight is 466 g/mol. The van der Waals surface area contributed by atoms with Crippen molar-refractivity contribution in [2.45, 2.75) is 12.8 Å². The molecule has 0 radical (unpaired) electrons. The molecule has 4 rings (SSSR count). The molecule has 0 aliphatic heterocycles. The van der Waals surface area contributed by atoms with Crippen LogP contribution in [0.25, 0.3) is 21.3 Å². The highest BCUT2D eigenvalue weighted by molar-refractivity contribution is 7.17. The minimum Gasteiger partial charge on any atom is -0.505 e. The summed E-state index contributed by atoms with van der Waals surface area (Å²) in [5, 5.41) is 13.1. The summed E-state index contributed by atoms with van der Waals surface area (Å²) in [6, 6.07) is 10.9. The molecule has 0 amide bonds. The SMILES string of the molecule is COc1ccc(C(=O)CCC(=O)c2ccnc(-c3csc4c(F)cccc34)c2O)cc1OC. The van der Waals surface area contributed by atoms with Crippen molar-refractivity contribution in [3.8, 4) is 28.5 Å². The Labute approximate surface area is 193 Å². The van der Waals surface area contributed by atoms with Gasteiger partial charge in [-0.3, -0.25) is 14.6 Å². The van der Waals surface area contributed by atoms with Crippen LogP contribution in [0, 0.1) is 5.82 Å². The summed E-state index contributed by atoms with van der Waals surface area (Å²) in [4.78, 5) is 29.6. The first-order valence-corrected chi connectivity index (χ1v) is 10.9. The topological polar surface area (TPSA) is 85.7 Å². The van der Waals surface area contributed by atoms with Gasteiger partial charge in [0.25, 0.3) is 0 Å².